The molecule has 0 aliphatic carbocycles. The minimum atomic E-state index is -0.335. The molecule has 0 spiro atoms. The normalized spacial score (nSPS) is 14.1. The summed E-state index contributed by atoms with van der Waals surface area (Å²) in [6.07, 6.45) is 1.33. The van der Waals surface area contributed by atoms with Crippen LogP contribution in [0.5, 0.6) is 0 Å². The number of nitrogens with two attached hydrogens (primary N) is 1. The lowest BCUT2D eigenvalue weighted by Gasteiger charge is -2.28. The first kappa shape index (κ1) is 17.1. The molecular weight excluding hydrogens is 344 g/mol. The summed E-state index contributed by atoms with van der Waals surface area (Å²) in [6, 6.07) is 14.9. The van der Waals surface area contributed by atoms with Gasteiger partial charge in [-0.05, 0) is 36.4 Å². The molecule has 7 heteroatoms. The molecule has 0 bridgehead atoms. The number of carbonyl (C=O) groups is 1. The number of anilines is 3. The summed E-state index contributed by atoms with van der Waals surface area (Å²) in [5, 5.41) is 2.83. The Morgan fingerprint density at radius 1 is 1.07 bits per heavy atom. The van der Waals surface area contributed by atoms with Gasteiger partial charge in [0.05, 0.1) is 18.8 Å². The van der Waals surface area contributed by atoms with Gasteiger partial charge in [0.25, 0.3) is 5.91 Å². The highest BCUT2D eigenvalue weighted by atomic mass is 16.5. The number of amides is 1. The third kappa shape index (κ3) is 3.78. The number of nitrogens with one attached hydrogen (secondary N) is 1. The van der Waals surface area contributed by atoms with Crippen LogP contribution in [0.1, 0.15) is 10.5 Å². The average Bonchev–Trinajstić information content (AvgIpc) is 3.20. The molecule has 1 aliphatic rings. The molecule has 0 atom stereocenters. The van der Waals surface area contributed by atoms with Gasteiger partial charge in [-0.3, -0.25) is 4.79 Å². The number of morpholine rings is 1. The Hall–Kier alpha value is -3.32. The van der Waals surface area contributed by atoms with Gasteiger partial charge >= 0.3 is 0 Å². The van der Waals surface area contributed by atoms with Gasteiger partial charge in [-0.2, -0.15) is 0 Å². The van der Waals surface area contributed by atoms with Gasteiger partial charge in [0, 0.05) is 30.2 Å². The fourth-order valence-electron chi connectivity index (χ4n) is 2.97. The maximum atomic E-state index is 12.4. The fraction of sp³-hybridized carbons (Fsp3) is 0.200. The molecule has 3 N–H and O–H groups in total. The number of oxazole rings is 1. The first-order chi connectivity index (χ1) is 13.2. The van der Waals surface area contributed by atoms with Crippen molar-refractivity contribution < 1.29 is 13.9 Å². The summed E-state index contributed by atoms with van der Waals surface area (Å²) < 4.78 is 10.8. The number of nitrogen functional groups attached to an aromatic ring is 1. The number of ether oxygens (including phenoxy) is 1. The lowest BCUT2D eigenvalue weighted by molar-refractivity contribution is 0.102. The Balaban J connectivity index is 1.44. The number of hydrogen-bond donors (Lipinski definition) is 2. The molecule has 138 valence electrons. The Morgan fingerprint density at radius 3 is 2.56 bits per heavy atom. The molecule has 1 saturated heterocycles. The topological polar surface area (TPSA) is 93.6 Å². The smallest absolute Gasteiger partial charge is 0.277 e. The van der Waals surface area contributed by atoms with Crippen LogP contribution in [0.15, 0.2) is 59.2 Å². The van der Waals surface area contributed by atoms with Crippen molar-refractivity contribution in [2.45, 2.75) is 0 Å². The van der Waals surface area contributed by atoms with Crippen LogP contribution in [0.4, 0.5) is 17.1 Å². The molecule has 2 heterocycles. The van der Waals surface area contributed by atoms with Crippen LogP contribution < -0.4 is 16.0 Å². The lowest BCUT2D eigenvalue weighted by atomic mass is 10.2. The third-order valence-electron chi connectivity index (χ3n) is 4.43. The van der Waals surface area contributed by atoms with Crippen LogP contribution >= 0.6 is 0 Å². The number of aromatic nitrogens is 1. The SMILES string of the molecule is Nc1ccccc1-c1nc(C(=O)Nc2ccc(N3CCOCC3)cc2)co1. The van der Waals surface area contributed by atoms with E-state index in [0.29, 0.717) is 22.8 Å². The largest absolute Gasteiger partial charge is 0.444 e. The highest BCUT2D eigenvalue weighted by Gasteiger charge is 2.16. The van der Waals surface area contributed by atoms with E-state index in [4.69, 9.17) is 14.9 Å². The number of benzene rings is 2. The number of carbonyl (C=O) groups excluding carboxylic acids is 1. The molecular formula is C20H20N4O3. The van der Waals surface area contributed by atoms with E-state index in [1.54, 1.807) is 12.1 Å². The van der Waals surface area contributed by atoms with Gasteiger partial charge in [0.15, 0.2) is 5.69 Å². The monoisotopic (exact) mass is 364 g/mol. The molecule has 3 aromatic rings. The fourth-order valence-corrected chi connectivity index (χ4v) is 2.97. The summed E-state index contributed by atoms with van der Waals surface area (Å²) in [5.41, 5.74) is 9.14. The Morgan fingerprint density at radius 2 is 1.81 bits per heavy atom. The van der Waals surface area contributed by atoms with Crippen molar-refractivity contribution in [3.05, 3.63) is 60.5 Å². The van der Waals surface area contributed by atoms with Gasteiger partial charge < -0.3 is 25.1 Å². The quantitative estimate of drug-likeness (QED) is 0.691. The predicted octanol–water partition coefficient (Wildman–Crippen LogP) is 3.01. The van der Waals surface area contributed by atoms with Gasteiger partial charge in [-0.25, -0.2) is 4.98 Å². The summed E-state index contributed by atoms with van der Waals surface area (Å²) in [5.74, 6) is -0.0143. The molecule has 0 radical (unpaired) electrons. The van der Waals surface area contributed by atoms with E-state index in [1.807, 2.05) is 36.4 Å². The molecule has 7 nitrogen and oxygen atoms in total. The second-order valence-corrected chi connectivity index (χ2v) is 6.23. The maximum absolute atomic E-state index is 12.4. The standard InChI is InChI=1S/C20H20N4O3/c21-17-4-2-1-3-16(17)20-23-18(13-27-20)19(25)22-14-5-7-15(8-6-14)24-9-11-26-12-10-24/h1-8,13H,9-12,21H2,(H,22,25). The van der Waals surface area contributed by atoms with Crippen molar-refractivity contribution in [1.29, 1.82) is 0 Å². The highest BCUT2D eigenvalue weighted by molar-refractivity contribution is 6.03. The van der Waals surface area contributed by atoms with Crippen molar-refractivity contribution >= 4 is 23.0 Å². The second kappa shape index (κ2) is 7.51. The number of nitrogens with zero attached hydrogens (tertiary/aromatic N) is 2. The third-order valence-corrected chi connectivity index (χ3v) is 4.43. The van der Waals surface area contributed by atoms with Crippen LogP contribution in [0.3, 0.4) is 0 Å². The van der Waals surface area contributed by atoms with E-state index in [9.17, 15) is 4.79 Å². The molecule has 0 unspecified atom stereocenters. The molecule has 2 aromatic carbocycles. The lowest BCUT2D eigenvalue weighted by Crippen LogP contribution is -2.36. The number of rotatable bonds is 4. The minimum absolute atomic E-state index is 0.200. The molecule has 1 aromatic heterocycles. The molecule has 1 fully saturated rings. The molecule has 1 amide bonds. The van der Waals surface area contributed by atoms with E-state index in [0.717, 1.165) is 32.0 Å². The zero-order valence-electron chi connectivity index (χ0n) is 14.7. The van der Waals surface area contributed by atoms with Gasteiger partial charge in [-0.1, -0.05) is 12.1 Å². The first-order valence-corrected chi connectivity index (χ1v) is 8.75. The van der Waals surface area contributed by atoms with Crippen molar-refractivity contribution in [2.75, 3.05) is 42.3 Å². The molecule has 1 aliphatic heterocycles. The predicted molar refractivity (Wildman–Crippen MR) is 104 cm³/mol. The van der Waals surface area contributed by atoms with E-state index in [-0.39, 0.29) is 11.6 Å². The highest BCUT2D eigenvalue weighted by Crippen LogP contribution is 2.25. The Kier molecular flexibility index (Phi) is 4.76. The van der Waals surface area contributed by atoms with Crippen molar-refractivity contribution in [2.24, 2.45) is 0 Å². The summed E-state index contributed by atoms with van der Waals surface area (Å²) in [7, 11) is 0. The van der Waals surface area contributed by atoms with Gasteiger partial charge in [0.1, 0.15) is 6.26 Å². The van der Waals surface area contributed by atoms with Crippen LogP contribution in [0.25, 0.3) is 11.5 Å². The zero-order chi connectivity index (χ0) is 18.6. The van der Waals surface area contributed by atoms with Gasteiger partial charge in [0.2, 0.25) is 5.89 Å². The van der Waals surface area contributed by atoms with E-state index < -0.39 is 0 Å². The van der Waals surface area contributed by atoms with Crippen LogP contribution in [0.2, 0.25) is 0 Å². The first-order valence-electron chi connectivity index (χ1n) is 8.75. The summed E-state index contributed by atoms with van der Waals surface area (Å²) in [4.78, 5) is 18.9. The van der Waals surface area contributed by atoms with Crippen LogP contribution in [0, 0.1) is 0 Å². The minimum Gasteiger partial charge on any atom is -0.444 e. The molecule has 27 heavy (non-hydrogen) atoms. The van der Waals surface area contributed by atoms with Gasteiger partial charge in [-0.15, -0.1) is 0 Å². The van der Waals surface area contributed by atoms with Crippen molar-refractivity contribution in [3.63, 3.8) is 0 Å². The van der Waals surface area contributed by atoms with Crippen LogP contribution in [-0.2, 0) is 4.74 Å². The van der Waals surface area contributed by atoms with E-state index in [2.05, 4.69) is 15.2 Å². The summed E-state index contributed by atoms with van der Waals surface area (Å²) in [6.45, 7) is 3.21. The maximum Gasteiger partial charge on any atom is 0.277 e. The molecule has 4 rings (SSSR count). The zero-order valence-corrected chi connectivity index (χ0v) is 14.7. The van der Waals surface area contributed by atoms with E-state index >= 15 is 0 Å². The van der Waals surface area contributed by atoms with Crippen molar-refractivity contribution in [3.8, 4) is 11.5 Å². The van der Waals surface area contributed by atoms with E-state index in [1.165, 1.54) is 6.26 Å². The number of para-hydroxylation sites is 1. The summed E-state index contributed by atoms with van der Waals surface area (Å²) >= 11 is 0. The Bertz CT molecular complexity index is 930. The molecule has 0 saturated carbocycles. The van der Waals surface area contributed by atoms with Crippen molar-refractivity contribution in [1.82, 2.24) is 4.98 Å². The second-order valence-electron chi connectivity index (χ2n) is 6.23. The Labute approximate surface area is 156 Å². The number of hydrogen-bond acceptors (Lipinski definition) is 6. The van der Waals surface area contributed by atoms with Crippen LogP contribution in [-0.4, -0.2) is 37.2 Å². The average molecular weight is 364 g/mol.